The highest BCUT2D eigenvalue weighted by molar-refractivity contribution is 5.96. The highest BCUT2D eigenvalue weighted by atomic mass is 19.1. The van der Waals surface area contributed by atoms with Gasteiger partial charge in [-0.2, -0.15) is 0 Å². The summed E-state index contributed by atoms with van der Waals surface area (Å²) in [4.78, 5) is 13.1. The molecular formula is C29H30F2N2O4. The number of nitrogens with one attached hydrogen (secondary N) is 2. The molecule has 6 nitrogen and oxygen atoms in total. The van der Waals surface area contributed by atoms with Crippen LogP contribution in [0.5, 0.6) is 5.75 Å². The van der Waals surface area contributed by atoms with E-state index in [1.54, 1.807) is 24.3 Å². The number of aryl methyl sites for hydroxylation is 1. The number of carbonyl (C=O) groups excluding carboxylic acids is 1. The van der Waals surface area contributed by atoms with E-state index in [-0.39, 0.29) is 18.7 Å². The van der Waals surface area contributed by atoms with Crippen LogP contribution >= 0.6 is 0 Å². The average Bonchev–Trinajstić information content (AvgIpc) is 3.31. The number of methoxy groups -OCH3 is 1. The molecule has 0 saturated heterocycles. The standard InChI is InChI=1S/C29H30F2N2O4/c1-3-18-5-4-6-19(9-18)16-32-17-26(34)25(12-20-10-22(30)14-23(31)11-20)33-29(35)28-13-21-7-8-24(36-2)15-27(21)37-28/h4-11,13-15,25-26,32,34H,3,12,16-17H2,1-2H3,(H,33,35). The first-order valence-corrected chi connectivity index (χ1v) is 12.1. The summed E-state index contributed by atoms with van der Waals surface area (Å²) in [7, 11) is 1.54. The molecule has 1 amide bonds. The number of fused-ring (bicyclic) bond motifs is 1. The molecule has 0 aliphatic rings. The van der Waals surface area contributed by atoms with Gasteiger partial charge in [0, 0.05) is 30.6 Å². The summed E-state index contributed by atoms with van der Waals surface area (Å²) in [6.45, 7) is 2.75. The third kappa shape index (κ3) is 6.93. The molecule has 0 radical (unpaired) electrons. The summed E-state index contributed by atoms with van der Waals surface area (Å²) in [5, 5.41) is 17.7. The number of hydrogen-bond acceptors (Lipinski definition) is 5. The van der Waals surface area contributed by atoms with E-state index in [1.165, 1.54) is 24.8 Å². The van der Waals surface area contributed by atoms with Crippen molar-refractivity contribution in [2.75, 3.05) is 13.7 Å². The number of ether oxygens (including phenoxy) is 1. The Labute approximate surface area is 214 Å². The normalized spacial score (nSPS) is 12.9. The van der Waals surface area contributed by atoms with Crippen molar-refractivity contribution >= 4 is 16.9 Å². The Hall–Kier alpha value is -3.75. The van der Waals surface area contributed by atoms with E-state index in [0.717, 1.165) is 18.1 Å². The molecule has 1 heterocycles. The van der Waals surface area contributed by atoms with Crippen molar-refractivity contribution in [1.82, 2.24) is 10.6 Å². The van der Waals surface area contributed by atoms with Crippen LogP contribution in [0.15, 0.2) is 71.1 Å². The van der Waals surface area contributed by atoms with Crippen LogP contribution in [0.1, 0.15) is 34.2 Å². The van der Waals surface area contributed by atoms with E-state index in [4.69, 9.17) is 9.15 Å². The maximum atomic E-state index is 13.8. The van der Waals surface area contributed by atoms with Crippen LogP contribution in [0.4, 0.5) is 8.78 Å². The van der Waals surface area contributed by atoms with E-state index in [9.17, 15) is 18.7 Å². The van der Waals surface area contributed by atoms with Crippen LogP contribution in [0.25, 0.3) is 11.0 Å². The van der Waals surface area contributed by atoms with E-state index in [0.29, 0.717) is 28.8 Å². The third-order valence-corrected chi connectivity index (χ3v) is 6.19. The molecule has 194 valence electrons. The second-order valence-corrected chi connectivity index (χ2v) is 8.95. The van der Waals surface area contributed by atoms with Gasteiger partial charge in [-0.25, -0.2) is 8.78 Å². The zero-order valence-corrected chi connectivity index (χ0v) is 20.8. The first kappa shape index (κ1) is 26.3. The van der Waals surface area contributed by atoms with Gasteiger partial charge >= 0.3 is 0 Å². The van der Waals surface area contributed by atoms with Crippen molar-refractivity contribution in [3.05, 3.63) is 101 Å². The van der Waals surface area contributed by atoms with Crippen molar-refractivity contribution in [3.63, 3.8) is 0 Å². The SMILES string of the molecule is CCc1cccc(CNCC(O)C(Cc2cc(F)cc(F)c2)NC(=O)c2cc3ccc(OC)cc3o2)c1. The maximum Gasteiger partial charge on any atom is 0.287 e. The molecule has 3 N–H and O–H groups in total. The third-order valence-electron chi connectivity index (χ3n) is 6.19. The van der Waals surface area contributed by atoms with Crippen LogP contribution in [-0.4, -0.2) is 36.8 Å². The Balaban J connectivity index is 1.49. The summed E-state index contributed by atoms with van der Waals surface area (Å²) in [5.41, 5.74) is 3.07. The molecule has 37 heavy (non-hydrogen) atoms. The number of hydrogen-bond donors (Lipinski definition) is 3. The zero-order valence-electron chi connectivity index (χ0n) is 20.8. The minimum atomic E-state index is -1.05. The quantitative estimate of drug-likeness (QED) is 0.272. The molecular weight excluding hydrogens is 478 g/mol. The lowest BCUT2D eigenvalue weighted by Crippen LogP contribution is -2.48. The van der Waals surface area contributed by atoms with Crippen molar-refractivity contribution < 1.29 is 27.8 Å². The van der Waals surface area contributed by atoms with Crippen molar-refractivity contribution in [1.29, 1.82) is 0 Å². The Bertz CT molecular complexity index is 1350. The molecule has 8 heteroatoms. The van der Waals surface area contributed by atoms with Crippen LogP contribution in [0, 0.1) is 11.6 Å². The fourth-order valence-corrected chi connectivity index (χ4v) is 4.22. The van der Waals surface area contributed by atoms with Gasteiger partial charge in [0.2, 0.25) is 0 Å². The maximum absolute atomic E-state index is 13.8. The van der Waals surface area contributed by atoms with Gasteiger partial charge in [0.15, 0.2) is 5.76 Å². The molecule has 0 spiro atoms. The minimum absolute atomic E-state index is 0.0165. The van der Waals surface area contributed by atoms with Crippen molar-refractivity contribution in [3.8, 4) is 5.75 Å². The predicted octanol–water partition coefficient (Wildman–Crippen LogP) is 4.77. The molecule has 4 aromatic rings. The number of furan rings is 1. The van der Waals surface area contributed by atoms with Gasteiger partial charge in [-0.05, 0) is 59.9 Å². The lowest BCUT2D eigenvalue weighted by atomic mass is 10.00. The second kappa shape index (κ2) is 12.0. The van der Waals surface area contributed by atoms with Gasteiger partial charge in [-0.15, -0.1) is 0 Å². The van der Waals surface area contributed by atoms with E-state index < -0.39 is 29.7 Å². The summed E-state index contributed by atoms with van der Waals surface area (Å²) < 4.78 is 38.5. The lowest BCUT2D eigenvalue weighted by Gasteiger charge is -2.24. The fourth-order valence-electron chi connectivity index (χ4n) is 4.22. The largest absolute Gasteiger partial charge is 0.497 e. The smallest absolute Gasteiger partial charge is 0.287 e. The minimum Gasteiger partial charge on any atom is -0.497 e. The topological polar surface area (TPSA) is 83.7 Å². The molecule has 1 aromatic heterocycles. The monoisotopic (exact) mass is 508 g/mol. The van der Waals surface area contributed by atoms with Gasteiger partial charge < -0.3 is 24.9 Å². The predicted molar refractivity (Wildman–Crippen MR) is 138 cm³/mol. The number of aliphatic hydroxyl groups excluding tert-OH is 1. The van der Waals surface area contributed by atoms with Gasteiger partial charge in [0.1, 0.15) is 23.0 Å². The van der Waals surface area contributed by atoms with Crippen LogP contribution in [0.2, 0.25) is 0 Å². The molecule has 0 fully saturated rings. The summed E-state index contributed by atoms with van der Waals surface area (Å²) in [5.74, 6) is -1.36. The number of amides is 1. The van der Waals surface area contributed by atoms with E-state index in [2.05, 4.69) is 29.7 Å². The molecule has 2 atom stereocenters. The van der Waals surface area contributed by atoms with Crippen molar-refractivity contribution in [2.45, 2.75) is 38.5 Å². The van der Waals surface area contributed by atoms with Crippen LogP contribution < -0.4 is 15.4 Å². The molecule has 3 aromatic carbocycles. The fraction of sp³-hybridized carbons (Fsp3) is 0.276. The number of benzene rings is 3. The second-order valence-electron chi connectivity index (χ2n) is 8.95. The first-order chi connectivity index (χ1) is 17.8. The number of rotatable bonds is 11. The number of aliphatic hydroxyl groups is 1. The highest BCUT2D eigenvalue weighted by Gasteiger charge is 2.24. The van der Waals surface area contributed by atoms with Crippen LogP contribution in [0.3, 0.4) is 0 Å². The van der Waals surface area contributed by atoms with E-state index in [1.807, 2.05) is 12.1 Å². The Morgan fingerprint density at radius 2 is 1.76 bits per heavy atom. The Kier molecular flexibility index (Phi) is 8.53. The molecule has 0 aliphatic heterocycles. The molecule has 0 bridgehead atoms. The summed E-state index contributed by atoms with van der Waals surface area (Å²) in [6, 6.07) is 17.2. The Morgan fingerprint density at radius 1 is 1.00 bits per heavy atom. The van der Waals surface area contributed by atoms with Gasteiger partial charge in [-0.1, -0.05) is 31.2 Å². The molecule has 2 unspecified atom stereocenters. The summed E-state index contributed by atoms with van der Waals surface area (Å²) >= 11 is 0. The number of carbonyl (C=O) groups is 1. The lowest BCUT2D eigenvalue weighted by molar-refractivity contribution is 0.0806. The highest BCUT2D eigenvalue weighted by Crippen LogP contribution is 2.24. The van der Waals surface area contributed by atoms with Gasteiger partial charge in [0.25, 0.3) is 5.91 Å². The molecule has 0 aliphatic carbocycles. The average molecular weight is 509 g/mol. The van der Waals surface area contributed by atoms with Crippen molar-refractivity contribution in [2.24, 2.45) is 0 Å². The van der Waals surface area contributed by atoms with Gasteiger partial charge in [-0.3, -0.25) is 4.79 Å². The zero-order chi connectivity index (χ0) is 26.4. The van der Waals surface area contributed by atoms with Gasteiger partial charge in [0.05, 0.1) is 19.3 Å². The molecule has 4 rings (SSSR count). The van der Waals surface area contributed by atoms with Crippen LogP contribution in [-0.2, 0) is 19.4 Å². The summed E-state index contributed by atoms with van der Waals surface area (Å²) in [6.07, 6.45) is -0.111. The van der Waals surface area contributed by atoms with E-state index >= 15 is 0 Å². The Morgan fingerprint density at radius 3 is 2.49 bits per heavy atom. The molecule has 0 saturated carbocycles. The number of halogens is 2. The first-order valence-electron chi connectivity index (χ1n) is 12.1.